The zero-order valence-electron chi connectivity index (χ0n) is 16.2. The number of hydrogen-bond donors (Lipinski definition) is 1. The Morgan fingerprint density at radius 2 is 1.96 bits per heavy atom. The summed E-state index contributed by atoms with van der Waals surface area (Å²) in [5.41, 5.74) is 1.55. The molecule has 28 heavy (non-hydrogen) atoms. The van der Waals surface area contributed by atoms with Gasteiger partial charge in [0.2, 0.25) is 0 Å². The lowest BCUT2D eigenvalue weighted by atomic mass is 9.93. The van der Waals surface area contributed by atoms with Gasteiger partial charge in [-0.1, -0.05) is 11.6 Å². The monoisotopic (exact) mass is 402 g/mol. The van der Waals surface area contributed by atoms with Crippen LogP contribution < -0.4 is 5.56 Å². The van der Waals surface area contributed by atoms with Gasteiger partial charge in [0.05, 0.1) is 5.52 Å². The molecule has 0 unspecified atom stereocenters. The van der Waals surface area contributed by atoms with Crippen LogP contribution >= 0.6 is 11.6 Å². The van der Waals surface area contributed by atoms with E-state index in [4.69, 9.17) is 16.3 Å². The lowest BCUT2D eigenvalue weighted by molar-refractivity contribution is 0.0204. The van der Waals surface area contributed by atoms with Crippen LogP contribution in [0.15, 0.2) is 29.1 Å². The zero-order chi connectivity index (χ0) is 20.1. The van der Waals surface area contributed by atoms with Crippen LogP contribution in [0.2, 0.25) is 5.02 Å². The van der Waals surface area contributed by atoms with E-state index in [9.17, 15) is 9.59 Å². The van der Waals surface area contributed by atoms with Crippen molar-refractivity contribution in [2.24, 2.45) is 0 Å². The highest BCUT2D eigenvalue weighted by atomic mass is 35.5. The standard InChI is InChI=1S/C20H23ClN4O3/c1-20(2,3)28-19(27)24-8-6-12(7-9-24)16-11-17(26)25-18(22-16)14-10-13(21)4-5-15(14)23-25/h4-5,10-12,22H,6-9H2,1-3H3. The van der Waals surface area contributed by atoms with Crippen LogP contribution in [0.5, 0.6) is 0 Å². The largest absolute Gasteiger partial charge is 0.444 e. The molecular weight excluding hydrogens is 380 g/mol. The number of hydrogen-bond acceptors (Lipinski definition) is 4. The van der Waals surface area contributed by atoms with Gasteiger partial charge in [-0.25, -0.2) is 4.79 Å². The van der Waals surface area contributed by atoms with Crippen molar-refractivity contribution in [2.75, 3.05) is 13.1 Å². The minimum atomic E-state index is -0.505. The van der Waals surface area contributed by atoms with Gasteiger partial charge in [-0.05, 0) is 51.8 Å². The molecule has 2 aromatic heterocycles. The third-order valence-electron chi connectivity index (χ3n) is 4.97. The number of rotatable bonds is 1. The van der Waals surface area contributed by atoms with Crippen LogP contribution in [-0.4, -0.2) is 44.3 Å². The molecule has 3 heterocycles. The van der Waals surface area contributed by atoms with Gasteiger partial charge in [-0.15, -0.1) is 0 Å². The number of aromatic nitrogens is 3. The summed E-state index contributed by atoms with van der Waals surface area (Å²) in [7, 11) is 0. The number of nitrogens with one attached hydrogen (secondary N) is 1. The highest BCUT2D eigenvalue weighted by Gasteiger charge is 2.28. The van der Waals surface area contributed by atoms with E-state index in [2.05, 4.69) is 10.1 Å². The minimum absolute atomic E-state index is 0.167. The van der Waals surface area contributed by atoms with Crippen LogP contribution in [0, 0.1) is 0 Å². The molecule has 1 saturated heterocycles. The quantitative estimate of drug-likeness (QED) is 0.668. The molecule has 8 heteroatoms. The van der Waals surface area contributed by atoms with Gasteiger partial charge in [0.15, 0.2) is 0 Å². The van der Waals surface area contributed by atoms with E-state index in [0.717, 1.165) is 29.4 Å². The number of aromatic amines is 1. The summed E-state index contributed by atoms with van der Waals surface area (Å²) >= 11 is 6.12. The van der Waals surface area contributed by atoms with Crippen LogP contribution in [0.4, 0.5) is 4.79 Å². The number of halogens is 1. The van der Waals surface area contributed by atoms with Crippen LogP contribution in [0.25, 0.3) is 16.6 Å². The predicted molar refractivity (Wildman–Crippen MR) is 108 cm³/mol. The molecule has 1 amide bonds. The third kappa shape index (κ3) is 3.58. The Hall–Kier alpha value is -2.54. The van der Waals surface area contributed by atoms with Crippen molar-refractivity contribution in [3.63, 3.8) is 0 Å². The highest BCUT2D eigenvalue weighted by molar-refractivity contribution is 6.31. The van der Waals surface area contributed by atoms with Crippen molar-refractivity contribution < 1.29 is 9.53 Å². The van der Waals surface area contributed by atoms with E-state index in [1.54, 1.807) is 23.1 Å². The van der Waals surface area contributed by atoms with E-state index >= 15 is 0 Å². The number of likely N-dealkylation sites (tertiary alicyclic amines) is 1. The van der Waals surface area contributed by atoms with E-state index in [0.29, 0.717) is 23.8 Å². The summed E-state index contributed by atoms with van der Waals surface area (Å²) in [5, 5.41) is 5.77. The maximum atomic E-state index is 12.6. The van der Waals surface area contributed by atoms with E-state index < -0.39 is 5.60 Å². The summed E-state index contributed by atoms with van der Waals surface area (Å²) in [5.74, 6) is 0.167. The number of nitrogens with zero attached hydrogens (tertiary/aromatic N) is 3. The number of carbonyl (C=O) groups excluding carboxylic acids is 1. The fourth-order valence-electron chi connectivity index (χ4n) is 3.62. The summed E-state index contributed by atoms with van der Waals surface area (Å²) < 4.78 is 6.82. The van der Waals surface area contributed by atoms with E-state index in [1.807, 2.05) is 26.8 Å². The van der Waals surface area contributed by atoms with Crippen molar-refractivity contribution in [2.45, 2.75) is 45.1 Å². The molecular formula is C20H23ClN4O3. The van der Waals surface area contributed by atoms with Crippen LogP contribution in [-0.2, 0) is 4.74 Å². The Morgan fingerprint density at radius 1 is 1.25 bits per heavy atom. The van der Waals surface area contributed by atoms with Crippen molar-refractivity contribution in [3.05, 3.63) is 45.3 Å². The number of piperidine rings is 1. The Morgan fingerprint density at radius 3 is 2.64 bits per heavy atom. The Balaban J connectivity index is 1.59. The van der Waals surface area contributed by atoms with E-state index in [1.165, 1.54) is 4.52 Å². The van der Waals surface area contributed by atoms with Gasteiger partial charge in [-0.3, -0.25) is 4.79 Å². The predicted octanol–water partition coefficient (Wildman–Crippen LogP) is 3.94. The summed E-state index contributed by atoms with van der Waals surface area (Å²) in [6.45, 7) is 6.77. The average Bonchev–Trinajstić information content (AvgIpc) is 2.99. The Kier molecular flexibility index (Phi) is 4.57. The molecule has 0 aliphatic carbocycles. The van der Waals surface area contributed by atoms with Crippen LogP contribution in [0.3, 0.4) is 0 Å². The van der Waals surface area contributed by atoms with Crippen molar-refractivity contribution in [1.29, 1.82) is 0 Å². The first-order chi connectivity index (χ1) is 13.2. The highest BCUT2D eigenvalue weighted by Crippen LogP contribution is 2.28. The fraction of sp³-hybridized carbons (Fsp3) is 0.450. The molecule has 0 spiro atoms. The second-order valence-corrected chi connectivity index (χ2v) is 8.66. The molecule has 1 aromatic carbocycles. The summed E-state index contributed by atoms with van der Waals surface area (Å²) in [6, 6.07) is 6.98. The van der Waals surface area contributed by atoms with Gasteiger partial charge in [-0.2, -0.15) is 9.61 Å². The summed E-state index contributed by atoms with van der Waals surface area (Å²) in [4.78, 5) is 29.9. The number of amides is 1. The van der Waals surface area contributed by atoms with Crippen molar-refractivity contribution >= 4 is 34.2 Å². The molecule has 1 aliphatic heterocycles. The SMILES string of the molecule is CC(C)(C)OC(=O)N1CCC(c2cc(=O)n3nc4ccc(Cl)cc4c3[nH]2)CC1. The molecule has 0 bridgehead atoms. The van der Waals surface area contributed by atoms with Gasteiger partial charge >= 0.3 is 6.09 Å². The average molecular weight is 403 g/mol. The Labute approximate surface area is 167 Å². The summed E-state index contributed by atoms with van der Waals surface area (Å²) in [6.07, 6.45) is 1.24. The molecule has 7 nitrogen and oxygen atoms in total. The smallest absolute Gasteiger partial charge is 0.410 e. The lowest BCUT2D eigenvalue weighted by Crippen LogP contribution is -2.41. The fourth-order valence-corrected chi connectivity index (χ4v) is 3.80. The van der Waals surface area contributed by atoms with Gasteiger partial charge < -0.3 is 14.6 Å². The molecule has 1 fully saturated rings. The number of ether oxygens (including phenoxy) is 1. The molecule has 3 aromatic rings. The van der Waals surface area contributed by atoms with E-state index in [-0.39, 0.29) is 17.6 Å². The van der Waals surface area contributed by atoms with Crippen molar-refractivity contribution in [3.8, 4) is 0 Å². The molecule has 148 valence electrons. The number of H-pyrrole nitrogens is 1. The van der Waals surface area contributed by atoms with Gasteiger partial charge in [0, 0.05) is 41.2 Å². The number of carbonyl (C=O) groups is 1. The van der Waals surface area contributed by atoms with Crippen molar-refractivity contribution in [1.82, 2.24) is 19.5 Å². The first-order valence-electron chi connectivity index (χ1n) is 9.40. The number of benzene rings is 1. The zero-order valence-corrected chi connectivity index (χ0v) is 16.9. The topological polar surface area (TPSA) is 79.7 Å². The van der Waals surface area contributed by atoms with Gasteiger partial charge in [0.25, 0.3) is 5.56 Å². The minimum Gasteiger partial charge on any atom is -0.444 e. The molecule has 4 rings (SSSR count). The lowest BCUT2D eigenvalue weighted by Gasteiger charge is -2.33. The first kappa shape index (κ1) is 18.8. The number of fused-ring (bicyclic) bond motifs is 3. The van der Waals surface area contributed by atoms with Gasteiger partial charge in [0.1, 0.15) is 11.2 Å². The molecule has 0 radical (unpaired) electrons. The third-order valence-corrected chi connectivity index (χ3v) is 5.21. The first-order valence-corrected chi connectivity index (χ1v) is 9.78. The maximum Gasteiger partial charge on any atom is 0.410 e. The molecule has 1 N–H and O–H groups in total. The van der Waals surface area contributed by atoms with Crippen LogP contribution in [0.1, 0.15) is 45.2 Å². The molecule has 0 saturated carbocycles. The Bertz CT molecular complexity index is 1100. The molecule has 0 atom stereocenters. The maximum absolute atomic E-state index is 12.6. The second kappa shape index (κ2) is 6.81. The normalized spacial score (nSPS) is 16.1. The molecule has 1 aliphatic rings. The second-order valence-electron chi connectivity index (χ2n) is 8.23.